The van der Waals surface area contributed by atoms with Crippen LogP contribution in [-0.4, -0.2) is 9.96 Å². The van der Waals surface area contributed by atoms with Crippen LogP contribution < -0.4 is 0 Å². The predicted molar refractivity (Wildman–Crippen MR) is 40.4 cm³/mol. The van der Waals surface area contributed by atoms with Gasteiger partial charge in [-0.3, -0.25) is 4.21 Å². The van der Waals surface area contributed by atoms with Crippen LogP contribution in [0.4, 0.5) is 0 Å². The summed E-state index contributed by atoms with van der Waals surface area (Å²) in [5.41, 5.74) is 0. The summed E-state index contributed by atoms with van der Waals surface area (Å²) in [6.07, 6.45) is 1.57. The fourth-order valence-corrected chi connectivity index (χ4v) is 1.65. The zero-order valence-corrected chi connectivity index (χ0v) is 6.90. The molecule has 0 aromatic carbocycles. The van der Waals surface area contributed by atoms with E-state index >= 15 is 0 Å². The number of aryl methyl sites for hydroxylation is 1. The van der Waals surface area contributed by atoms with E-state index in [1.165, 1.54) is 0 Å². The van der Waals surface area contributed by atoms with Gasteiger partial charge >= 0.3 is 0 Å². The molecule has 0 aliphatic heterocycles. The maximum atomic E-state index is 11.1. The van der Waals surface area contributed by atoms with Gasteiger partial charge in [-0.25, -0.2) is 0 Å². The third-order valence-electron chi connectivity index (χ3n) is 1.32. The van der Waals surface area contributed by atoms with Crippen LogP contribution in [0.15, 0.2) is 21.6 Å². The molecule has 1 aromatic rings. The molecule has 0 saturated carbocycles. The van der Waals surface area contributed by atoms with Gasteiger partial charge in [0.15, 0.2) is 0 Å². The second-order valence-corrected chi connectivity index (χ2v) is 3.68. The summed E-state index contributed by atoms with van der Waals surface area (Å²) in [6.45, 7) is 3.71. The summed E-state index contributed by atoms with van der Waals surface area (Å²) < 4.78 is 16.1. The molecule has 1 aromatic heterocycles. The number of rotatable bonds is 2. The lowest BCUT2D eigenvalue weighted by Gasteiger charge is -1.92. The molecule has 0 aliphatic rings. The van der Waals surface area contributed by atoms with Crippen molar-refractivity contribution in [3.05, 3.63) is 18.1 Å². The molecular weight excluding hydrogens is 148 g/mol. The van der Waals surface area contributed by atoms with Crippen molar-refractivity contribution >= 4 is 10.8 Å². The Hall–Kier alpha value is -0.570. The lowest BCUT2D eigenvalue weighted by Crippen LogP contribution is -1.92. The third-order valence-corrected chi connectivity index (χ3v) is 2.76. The molecule has 56 valence electrons. The fourth-order valence-electron chi connectivity index (χ4n) is 0.765. The van der Waals surface area contributed by atoms with Crippen LogP contribution in [0.25, 0.3) is 0 Å². The maximum Gasteiger partial charge on any atom is 0.116 e. The summed E-state index contributed by atoms with van der Waals surface area (Å²) in [6, 6.07) is 1.76. The molecule has 3 heteroatoms. The summed E-state index contributed by atoms with van der Waals surface area (Å²) >= 11 is 0. The standard InChI is InChI=1S/C7H10O2S/c1-3-10(8)7-4-5-9-6(7)2/h4-5H,3H2,1-2H3. The minimum absolute atomic E-state index is 0.653. The zero-order valence-electron chi connectivity index (χ0n) is 6.09. The van der Waals surface area contributed by atoms with Crippen molar-refractivity contribution in [3.63, 3.8) is 0 Å². The van der Waals surface area contributed by atoms with E-state index in [2.05, 4.69) is 0 Å². The van der Waals surface area contributed by atoms with Gasteiger partial charge in [0, 0.05) is 5.75 Å². The number of hydrogen-bond acceptors (Lipinski definition) is 2. The average molecular weight is 158 g/mol. The Labute approximate surface area is 62.7 Å². The Morgan fingerprint density at radius 1 is 1.70 bits per heavy atom. The van der Waals surface area contributed by atoms with Crippen LogP contribution in [0.5, 0.6) is 0 Å². The van der Waals surface area contributed by atoms with Crippen molar-refractivity contribution in [2.24, 2.45) is 0 Å². The van der Waals surface area contributed by atoms with E-state index in [4.69, 9.17) is 4.42 Å². The SMILES string of the molecule is CCS(=O)c1ccoc1C. The minimum Gasteiger partial charge on any atom is -0.468 e. The molecule has 0 fully saturated rings. The van der Waals surface area contributed by atoms with Gasteiger partial charge in [0.2, 0.25) is 0 Å². The maximum absolute atomic E-state index is 11.1. The van der Waals surface area contributed by atoms with Crippen molar-refractivity contribution in [1.82, 2.24) is 0 Å². The van der Waals surface area contributed by atoms with E-state index in [0.29, 0.717) is 5.75 Å². The highest BCUT2D eigenvalue weighted by Gasteiger charge is 2.05. The quantitative estimate of drug-likeness (QED) is 0.656. The highest BCUT2D eigenvalue weighted by Crippen LogP contribution is 2.13. The highest BCUT2D eigenvalue weighted by molar-refractivity contribution is 7.85. The van der Waals surface area contributed by atoms with E-state index < -0.39 is 10.8 Å². The fraction of sp³-hybridized carbons (Fsp3) is 0.429. The van der Waals surface area contributed by atoms with Crippen molar-refractivity contribution in [2.45, 2.75) is 18.7 Å². The Morgan fingerprint density at radius 3 is 2.80 bits per heavy atom. The molecule has 0 aliphatic carbocycles. The molecular formula is C7H10O2S. The van der Waals surface area contributed by atoms with E-state index in [0.717, 1.165) is 10.7 Å². The summed E-state index contributed by atoms with van der Waals surface area (Å²) in [5.74, 6) is 1.42. The zero-order chi connectivity index (χ0) is 7.56. The monoisotopic (exact) mass is 158 g/mol. The Bertz CT molecular complexity index is 240. The molecule has 0 saturated heterocycles. The predicted octanol–water partition coefficient (Wildman–Crippen LogP) is 1.72. The first-order valence-electron chi connectivity index (χ1n) is 3.18. The van der Waals surface area contributed by atoms with Crippen LogP contribution in [0.1, 0.15) is 12.7 Å². The lowest BCUT2D eigenvalue weighted by atomic mass is 10.5. The van der Waals surface area contributed by atoms with E-state index in [-0.39, 0.29) is 0 Å². The molecule has 1 heterocycles. The Balaban J connectivity index is 2.93. The average Bonchev–Trinajstić information content (AvgIpc) is 2.34. The first-order chi connectivity index (χ1) is 4.75. The summed E-state index contributed by atoms with van der Waals surface area (Å²) in [5, 5.41) is 0. The first-order valence-corrected chi connectivity index (χ1v) is 4.50. The largest absolute Gasteiger partial charge is 0.468 e. The smallest absolute Gasteiger partial charge is 0.116 e. The normalized spacial score (nSPS) is 13.4. The van der Waals surface area contributed by atoms with Gasteiger partial charge in [0.05, 0.1) is 22.0 Å². The lowest BCUT2D eigenvalue weighted by molar-refractivity contribution is 0.526. The van der Waals surface area contributed by atoms with Gasteiger partial charge in [0.1, 0.15) is 5.76 Å². The number of hydrogen-bond donors (Lipinski definition) is 0. The van der Waals surface area contributed by atoms with Gasteiger partial charge in [0.25, 0.3) is 0 Å². The van der Waals surface area contributed by atoms with Crippen molar-refractivity contribution < 1.29 is 8.63 Å². The molecule has 0 spiro atoms. The van der Waals surface area contributed by atoms with Crippen LogP contribution >= 0.6 is 0 Å². The molecule has 1 unspecified atom stereocenters. The van der Waals surface area contributed by atoms with Crippen LogP contribution in [0, 0.1) is 6.92 Å². The van der Waals surface area contributed by atoms with Crippen LogP contribution in [0.2, 0.25) is 0 Å². The van der Waals surface area contributed by atoms with Gasteiger partial charge < -0.3 is 4.42 Å². The number of furan rings is 1. The molecule has 1 rings (SSSR count). The van der Waals surface area contributed by atoms with Gasteiger partial charge in [-0.05, 0) is 13.0 Å². The van der Waals surface area contributed by atoms with E-state index in [1.807, 2.05) is 13.8 Å². The third kappa shape index (κ3) is 1.29. The van der Waals surface area contributed by atoms with Crippen molar-refractivity contribution in [1.29, 1.82) is 0 Å². The van der Waals surface area contributed by atoms with Crippen LogP contribution in [-0.2, 0) is 10.8 Å². The highest BCUT2D eigenvalue weighted by atomic mass is 32.2. The molecule has 0 radical (unpaired) electrons. The molecule has 10 heavy (non-hydrogen) atoms. The first kappa shape index (κ1) is 7.54. The molecule has 2 nitrogen and oxygen atoms in total. The summed E-state index contributed by atoms with van der Waals surface area (Å²) in [7, 11) is -0.865. The molecule has 0 bridgehead atoms. The Morgan fingerprint density at radius 2 is 2.40 bits per heavy atom. The van der Waals surface area contributed by atoms with E-state index in [1.54, 1.807) is 12.3 Å². The second-order valence-electron chi connectivity index (χ2n) is 1.98. The second kappa shape index (κ2) is 3.01. The topological polar surface area (TPSA) is 30.2 Å². The van der Waals surface area contributed by atoms with Gasteiger partial charge in [-0.2, -0.15) is 0 Å². The molecule has 0 amide bonds. The van der Waals surface area contributed by atoms with Crippen molar-refractivity contribution in [3.8, 4) is 0 Å². The summed E-state index contributed by atoms with van der Waals surface area (Å²) in [4.78, 5) is 0.822. The Kier molecular flexibility index (Phi) is 2.27. The molecule has 0 N–H and O–H groups in total. The van der Waals surface area contributed by atoms with Gasteiger partial charge in [-0.1, -0.05) is 6.92 Å². The van der Waals surface area contributed by atoms with E-state index in [9.17, 15) is 4.21 Å². The minimum atomic E-state index is -0.865. The van der Waals surface area contributed by atoms with Gasteiger partial charge in [-0.15, -0.1) is 0 Å². The van der Waals surface area contributed by atoms with Crippen molar-refractivity contribution in [2.75, 3.05) is 5.75 Å². The molecule has 1 atom stereocenters. The van der Waals surface area contributed by atoms with Crippen LogP contribution in [0.3, 0.4) is 0 Å².